The lowest BCUT2D eigenvalue weighted by molar-refractivity contribution is -0.121. The Hall–Kier alpha value is -1.64. The highest BCUT2D eigenvalue weighted by Crippen LogP contribution is 2.32. The van der Waals surface area contributed by atoms with Crippen LogP contribution in [0, 0.1) is 11.8 Å². The highest BCUT2D eigenvalue weighted by Gasteiger charge is 2.31. The second kappa shape index (κ2) is 7.94. The van der Waals surface area contributed by atoms with Crippen LogP contribution in [0.1, 0.15) is 26.7 Å². The summed E-state index contributed by atoms with van der Waals surface area (Å²) in [5.41, 5.74) is 0.482. The molecule has 1 amide bonds. The van der Waals surface area contributed by atoms with Gasteiger partial charge in [0, 0.05) is 24.7 Å². The minimum Gasteiger partial charge on any atom is -0.492 e. The molecule has 2 aliphatic rings. The van der Waals surface area contributed by atoms with Crippen LogP contribution in [0.25, 0.3) is 0 Å². The van der Waals surface area contributed by atoms with Crippen molar-refractivity contribution >= 4 is 21.6 Å². The maximum absolute atomic E-state index is 13.0. The Kier molecular flexibility index (Phi) is 5.84. The molecule has 2 saturated heterocycles. The number of amides is 1. The van der Waals surface area contributed by atoms with Crippen LogP contribution in [0.3, 0.4) is 0 Å². The number of nitrogens with one attached hydrogen (secondary N) is 2. The Balaban J connectivity index is 1.84. The van der Waals surface area contributed by atoms with Gasteiger partial charge in [-0.2, -0.15) is 4.31 Å². The van der Waals surface area contributed by atoms with Crippen LogP contribution in [0.15, 0.2) is 23.1 Å². The third kappa shape index (κ3) is 3.87. The van der Waals surface area contributed by atoms with Crippen molar-refractivity contribution in [1.82, 2.24) is 9.62 Å². The standard InChI is InChI=1S/C18H27N3O4S/c1-3-25-16-7-6-15(20-18(22)13(2)14-11-19-12-14)10-17(16)26(23,24)21-8-4-5-9-21/h6-7,10,13-14,19H,3-5,8-9,11-12H2,1-2H3,(H,20,22). The van der Waals surface area contributed by atoms with Crippen LogP contribution in [0.5, 0.6) is 5.75 Å². The molecule has 1 unspecified atom stereocenters. The van der Waals surface area contributed by atoms with Gasteiger partial charge in [-0.05, 0) is 57.0 Å². The molecule has 26 heavy (non-hydrogen) atoms. The predicted molar refractivity (Wildman–Crippen MR) is 99.8 cm³/mol. The Labute approximate surface area is 155 Å². The number of anilines is 1. The molecule has 0 saturated carbocycles. The number of hydrogen-bond acceptors (Lipinski definition) is 5. The molecule has 0 aromatic heterocycles. The average molecular weight is 381 g/mol. The Morgan fingerprint density at radius 2 is 2.04 bits per heavy atom. The van der Waals surface area contributed by atoms with Crippen LogP contribution < -0.4 is 15.4 Å². The van der Waals surface area contributed by atoms with Crippen molar-refractivity contribution in [1.29, 1.82) is 0 Å². The number of hydrogen-bond donors (Lipinski definition) is 2. The third-order valence-electron chi connectivity index (χ3n) is 5.13. The van der Waals surface area contributed by atoms with Gasteiger partial charge in [-0.15, -0.1) is 0 Å². The summed E-state index contributed by atoms with van der Waals surface area (Å²) in [6.07, 6.45) is 1.74. The Bertz CT molecular complexity index is 756. The van der Waals surface area contributed by atoms with E-state index in [1.54, 1.807) is 12.1 Å². The molecule has 8 heteroatoms. The summed E-state index contributed by atoms with van der Waals surface area (Å²) in [4.78, 5) is 12.6. The number of benzene rings is 1. The number of nitrogens with zero attached hydrogens (tertiary/aromatic N) is 1. The van der Waals surface area contributed by atoms with E-state index in [1.807, 2.05) is 13.8 Å². The maximum Gasteiger partial charge on any atom is 0.246 e. The number of rotatable bonds is 7. The summed E-state index contributed by atoms with van der Waals surface area (Å²) < 4.78 is 33.0. The van der Waals surface area contributed by atoms with Crippen molar-refractivity contribution in [3.05, 3.63) is 18.2 Å². The van der Waals surface area contributed by atoms with Crippen molar-refractivity contribution in [2.75, 3.05) is 38.1 Å². The van der Waals surface area contributed by atoms with E-state index in [0.717, 1.165) is 25.9 Å². The summed E-state index contributed by atoms with van der Waals surface area (Å²) in [7, 11) is -3.63. The van der Waals surface area contributed by atoms with E-state index in [1.165, 1.54) is 10.4 Å². The predicted octanol–water partition coefficient (Wildman–Crippen LogP) is 1.66. The van der Waals surface area contributed by atoms with Crippen molar-refractivity contribution in [2.24, 2.45) is 11.8 Å². The molecule has 0 aliphatic carbocycles. The van der Waals surface area contributed by atoms with Gasteiger partial charge >= 0.3 is 0 Å². The van der Waals surface area contributed by atoms with Gasteiger partial charge in [0.25, 0.3) is 0 Å². The quantitative estimate of drug-likeness (QED) is 0.750. The lowest BCUT2D eigenvalue weighted by atomic mass is 9.88. The third-order valence-corrected chi connectivity index (χ3v) is 7.05. The van der Waals surface area contributed by atoms with Crippen molar-refractivity contribution in [3.63, 3.8) is 0 Å². The largest absolute Gasteiger partial charge is 0.492 e. The van der Waals surface area contributed by atoms with Crippen LogP contribution in [0.4, 0.5) is 5.69 Å². The second-order valence-corrected chi connectivity index (χ2v) is 8.81. The second-order valence-electron chi connectivity index (χ2n) is 6.90. The van der Waals surface area contributed by atoms with Crippen LogP contribution in [-0.2, 0) is 14.8 Å². The van der Waals surface area contributed by atoms with Gasteiger partial charge in [0.05, 0.1) is 6.61 Å². The molecule has 1 aromatic carbocycles. The maximum atomic E-state index is 13.0. The smallest absolute Gasteiger partial charge is 0.246 e. The van der Waals surface area contributed by atoms with Gasteiger partial charge < -0.3 is 15.4 Å². The molecule has 1 aromatic rings. The fourth-order valence-corrected chi connectivity index (χ4v) is 4.94. The minimum atomic E-state index is -3.63. The summed E-state index contributed by atoms with van der Waals surface area (Å²) >= 11 is 0. The number of carbonyl (C=O) groups excluding carboxylic acids is 1. The zero-order chi connectivity index (χ0) is 18.7. The van der Waals surface area contributed by atoms with Crippen molar-refractivity contribution in [2.45, 2.75) is 31.6 Å². The van der Waals surface area contributed by atoms with Gasteiger partial charge in [-0.25, -0.2) is 8.42 Å². The first-order valence-corrected chi connectivity index (χ1v) is 10.7. The molecule has 3 rings (SSSR count). The van der Waals surface area contributed by atoms with Gasteiger partial charge in [0.1, 0.15) is 10.6 Å². The zero-order valence-electron chi connectivity index (χ0n) is 15.3. The van der Waals surface area contributed by atoms with Crippen LogP contribution in [-0.4, -0.2) is 51.4 Å². The fourth-order valence-electron chi connectivity index (χ4n) is 3.26. The first-order valence-electron chi connectivity index (χ1n) is 9.22. The van der Waals surface area contributed by atoms with Crippen molar-refractivity contribution < 1.29 is 17.9 Å². The molecule has 2 fully saturated rings. The van der Waals surface area contributed by atoms with E-state index in [4.69, 9.17) is 4.74 Å². The molecule has 2 aliphatic heterocycles. The molecular formula is C18H27N3O4S. The van der Waals surface area contributed by atoms with Gasteiger partial charge in [0.15, 0.2) is 0 Å². The molecule has 144 valence electrons. The monoisotopic (exact) mass is 381 g/mol. The highest BCUT2D eigenvalue weighted by atomic mass is 32.2. The number of carbonyl (C=O) groups is 1. The van der Waals surface area contributed by atoms with Crippen LogP contribution >= 0.6 is 0 Å². The van der Waals surface area contributed by atoms with Crippen molar-refractivity contribution in [3.8, 4) is 5.75 Å². The van der Waals surface area contributed by atoms with E-state index in [0.29, 0.717) is 37.1 Å². The molecule has 0 radical (unpaired) electrons. The Morgan fingerprint density at radius 1 is 1.35 bits per heavy atom. The summed E-state index contributed by atoms with van der Waals surface area (Å²) in [5, 5.41) is 6.02. The summed E-state index contributed by atoms with van der Waals surface area (Å²) in [5.74, 6) is 0.436. The normalized spacial score (nSPS) is 19.8. The lowest BCUT2D eigenvalue weighted by Gasteiger charge is -2.31. The summed E-state index contributed by atoms with van der Waals surface area (Å²) in [6, 6.07) is 4.83. The molecule has 0 bridgehead atoms. The van der Waals surface area contributed by atoms with E-state index in [-0.39, 0.29) is 16.7 Å². The van der Waals surface area contributed by atoms with E-state index < -0.39 is 10.0 Å². The lowest BCUT2D eigenvalue weighted by Crippen LogP contribution is -2.48. The highest BCUT2D eigenvalue weighted by molar-refractivity contribution is 7.89. The topological polar surface area (TPSA) is 87.7 Å². The van der Waals surface area contributed by atoms with E-state index in [9.17, 15) is 13.2 Å². The molecule has 2 heterocycles. The van der Waals surface area contributed by atoms with Gasteiger partial charge in [-0.1, -0.05) is 6.92 Å². The molecule has 7 nitrogen and oxygen atoms in total. The van der Waals surface area contributed by atoms with E-state index in [2.05, 4.69) is 10.6 Å². The molecular weight excluding hydrogens is 354 g/mol. The van der Waals surface area contributed by atoms with E-state index >= 15 is 0 Å². The zero-order valence-corrected chi connectivity index (χ0v) is 16.1. The fraction of sp³-hybridized carbons (Fsp3) is 0.611. The minimum absolute atomic E-state index is 0.0924. The number of sulfonamides is 1. The average Bonchev–Trinajstić information content (AvgIpc) is 3.10. The molecule has 2 N–H and O–H groups in total. The Morgan fingerprint density at radius 3 is 2.62 bits per heavy atom. The number of ether oxygens (including phenoxy) is 1. The first kappa shape index (κ1) is 19.1. The van der Waals surface area contributed by atoms with Gasteiger partial charge in [-0.3, -0.25) is 4.79 Å². The van der Waals surface area contributed by atoms with Gasteiger partial charge in [0.2, 0.25) is 15.9 Å². The summed E-state index contributed by atoms with van der Waals surface area (Å²) in [6.45, 7) is 6.82. The molecule has 1 atom stereocenters. The SMILES string of the molecule is CCOc1ccc(NC(=O)C(C)C2CNC2)cc1S(=O)(=O)N1CCCC1. The van der Waals surface area contributed by atoms with Crippen LogP contribution in [0.2, 0.25) is 0 Å². The first-order chi connectivity index (χ1) is 12.4. The molecule has 0 spiro atoms.